The molecule has 1 N–H and O–H groups in total. The van der Waals surface area contributed by atoms with E-state index in [0.717, 1.165) is 6.07 Å². The van der Waals surface area contributed by atoms with Gasteiger partial charge in [0.2, 0.25) is 10.0 Å². The van der Waals surface area contributed by atoms with Gasteiger partial charge < -0.3 is 10.1 Å². The summed E-state index contributed by atoms with van der Waals surface area (Å²) in [5, 5.41) is 11.5. The van der Waals surface area contributed by atoms with E-state index in [2.05, 4.69) is 5.32 Å². The SMILES string of the molecule is CCN(CC)S(=O)(=O)c1cc(C(=O)OC(C)C(=O)Nc2cccc(C#N)c2)ccc1Cl. The second-order valence-electron chi connectivity index (χ2n) is 6.46. The molecule has 1 unspecified atom stereocenters. The fourth-order valence-corrected chi connectivity index (χ4v) is 4.68. The Bertz CT molecular complexity index is 1120. The molecule has 10 heteroatoms. The molecule has 0 aliphatic carbocycles. The summed E-state index contributed by atoms with van der Waals surface area (Å²) in [6.07, 6.45) is -1.17. The number of nitrogens with zero attached hydrogens (tertiary/aromatic N) is 2. The van der Waals surface area contributed by atoms with Gasteiger partial charge in [-0.25, -0.2) is 13.2 Å². The van der Waals surface area contributed by atoms with E-state index in [-0.39, 0.29) is 28.6 Å². The maximum absolute atomic E-state index is 12.8. The first-order valence-corrected chi connectivity index (χ1v) is 11.3. The van der Waals surface area contributed by atoms with Gasteiger partial charge in [-0.15, -0.1) is 0 Å². The van der Waals surface area contributed by atoms with Crippen LogP contribution in [0.25, 0.3) is 0 Å². The number of anilines is 1. The summed E-state index contributed by atoms with van der Waals surface area (Å²) in [6, 6.07) is 12.0. The summed E-state index contributed by atoms with van der Waals surface area (Å²) in [4.78, 5) is 24.6. The molecule has 0 saturated carbocycles. The van der Waals surface area contributed by atoms with Crippen LogP contribution in [-0.4, -0.2) is 43.8 Å². The quantitative estimate of drug-likeness (QED) is 0.599. The fraction of sp³-hybridized carbons (Fsp3) is 0.286. The predicted molar refractivity (Wildman–Crippen MR) is 116 cm³/mol. The number of ether oxygens (including phenoxy) is 1. The lowest BCUT2D eigenvalue weighted by Gasteiger charge is -2.20. The number of esters is 1. The first-order valence-electron chi connectivity index (χ1n) is 9.45. The Morgan fingerprint density at radius 3 is 2.48 bits per heavy atom. The Balaban J connectivity index is 2.18. The molecule has 31 heavy (non-hydrogen) atoms. The molecule has 0 fully saturated rings. The summed E-state index contributed by atoms with van der Waals surface area (Å²) >= 11 is 6.07. The van der Waals surface area contributed by atoms with Gasteiger partial charge in [-0.3, -0.25) is 4.79 Å². The maximum atomic E-state index is 12.8. The molecule has 2 aromatic rings. The number of halogens is 1. The average Bonchev–Trinajstić information content (AvgIpc) is 2.74. The van der Waals surface area contributed by atoms with E-state index >= 15 is 0 Å². The smallest absolute Gasteiger partial charge is 0.338 e. The van der Waals surface area contributed by atoms with Crippen LogP contribution in [0.5, 0.6) is 0 Å². The highest BCUT2D eigenvalue weighted by molar-refractivity contribution is 7.89. The van der Waals surface area contributed by atoms with Crippen molar-refractivity contribution in [2.45, 2.75) is 31.8 Å². The van der Waals surface area contributed by atoms with Crippen molar-refractivity contribution in [2.24, 2.45) is 0 Å². The minimum Gasteiger partial charge on any atom is -0.449 e. The number of rotatable bonds is 8. The maximum Gasteiger partial charge on any atom is 0.338 e. The minimum absolute atomic E-state index is 0.0217. The number of carbonyl (C=O) groups is 2. The summed E-state index contributed by atoms with van der Waals surface area (Å²) in [5.41, 5.74) is 0.692. The molecule has 0 aromatic heterocycles. The zero-order chi connectivity index (χ0) is 23.2. The lowest BCUT2D eigenvalue weighted by atomic mass is 10.2. The van der Waals surface area contributed by atoms with Gasteiger partial charge in [-0.05, 0) is 43.3 Å². The Hall–Kier alpha value is -2.93. The van der Waals surface area contributed by atoms with Crippen LogP contribution >= 0.6 is 11.6 Å². The van der Waals surface area contributed by atoms with Gasteiger partial charge in [0, 0.05) is 18.8 Å². The molecule has 1 atom stereocenters. The van der Waals surface area contributed by atoms with Crippen LogP contribution in [-0.2, 0) is 19.6 Å². The summed E-state index contributed by atoms with van der Waals surface area (Å²) in [7, 11) is -3.89. The van der Waals surface area contributed by atoms with Gasteiger partial charge >= 0.3 is 5.97 Å². The van der Waals surface area contributed by atoms with Gasteiger partial charge in [0.1, 0.15) is 4.90 Å². The molecular formula is C21H22ClN3O5S. The van der Waals surface area contributed by atoms with Crippen LogP contribution in [0.1, 0.15) is 36.7 Å². The number of hydrogen-bond acceptors (Lipinski definition) is 6. The van der Waals surface area contributed by atoms with Gasteiger partial charge in [-0.1, -0.05) is 31.5 Å². The van der Waals surface area contributed by atoms with Crippen molar-refractivity contribution in [3.05, 3.63) is 58.6 Å². The zero-order valence-corrected chi connectivity index (χ0v) is 18.8. The van der Waals surface area contributed by atoms with Gasteiger partial charge in [0.15, 0.2) is 6.10 Å². The second-order valence-corrected chi connectivity index (χ2v) is 8.78. The first kappa shape index (κ1) is 24.3. The Labute approximate surface area is 186 Å². The number of hydrogen-bond donors (Lipinski definition) is 1. The van der Waals surface area contributed by atoms with Crippen molar-refractivity contribution < 1.29 is 22.7 Å². The number of benzene rings is 2. The standard InChI is InChI=1S/C21H22ClN3O5S/c1-4-25(5-2)31(28,29)19-12-16(9-10-18(19)22)21(27)30-14(3)20(26)24-17-8-6-7-15(11-17)13-23/h6-12,14H,4-5H2,1-3H3,(H,24,26). The van der Waals surface area contributed by atoms with Crippen LogP contribution in [0, 0.1) is 11.3 Å². The highest BCUT2D eigenvalue weighted by Gasteiger charge is 2.27. The van der Waals surface area contributed by atoms with Crippen molar-refractivity contribution in [3.63, 3.8) is 0 Å². The Morgan fingerprint density at radius 1 is 1.19 bits per heavy atom. The van der Waals surface area contributed by atoms with Crippen molar-refractivity contribution >= 4 is 39.2 Å². The Morgan fingerprint density at radius 2 is 1.87 bits per heavy atom. The van der Waals surface area contributed by atoms with Crippen LogP contribution in [0.3, 0.4) is 0 Å². The van der Waals surface area contributed by atoms with Crippen molar-refractivity contribution in [1.82, 2.24) is 4.31 Å². The third-order valence-electron chi connectivity index (χ3n) is 4.40. The molecule has 164 valence electrons. The molecule has 0 aliphatic heterocycles. The molecule has 0 saturated heterocycles. The molecule has 1 amide bonds. The molecule has 2 aromatic carbocycles. The first-order chi connectivity index (χ1) is 14.6. The molecule has 0 bridgehead atoms. The normalized spacial score (nSPS) is 12.1. The molecule has 8 nitrogen and oxygen atoms in total. The van der Waals surface area contributed by atoms with Crippen molar-refractivity contribution in [1.29, 1.82) is 5.26 Å². The predicted octanol–water partition coefficient (Wildman–Crippen LogP) is 3.43. The molecule has 0 aliphatic rings. The zero-order valence-electron chi connectivity index (χ0n) is 17.3. The van der Waals surface area contributed by atoms with E-state index in [0.29, 0.717) is 11.3 Å². The van der Waals surface area contributed by atoms with E-state index in [1.54, 1.807) is 32.0 Å². The molecular weight excluding hydrogens is 442 g/mol. The third kappa shape index (κ3) is 5.82. The van der Waals surface area contributed by atoms with Crippen LogP contribution < -0.4 is 5.32 Å². The van der Waals surface area contributed by atoms with Crippen LogP contribution in [0.2, 0.25) is 5.02 Å². The van der Waals surface area contributed by atoms with Gasteiger partial charge in [0.05, 0.1) is 22.2 Å². The summed E-state index contributed by atoms with van der Waals surface area (Å²) < 4.78 is 32.0. The number of amides is 1. The molecule has 2 rings (SSSR count). The molecule has 0 radical (unpaired) electrons. The van der Waals surface area contributed by atoms with Gasteiger partial charge in [-0.2, -0.15) is 9.57 Å². The number of sulfonamides is 1. The van der Waals surface area contributed by atoms with E-state index in [9.17, 15) is 18.0 Å². The second kappa shape index (κ2) is 10.4. The van der Waals surface area contributed by atoms with Gasteiger partial charge in [0.25, 0.3) is 5.91 Å². The third-order valence-corrected chi connectivity index (χ3v) is 6.93. The molecule has 0 heterocycles. The average molecular weight is 464 g/mol. The Kier molecular flexibility index (Phi) is 8.16. The van der Waals surface area contributed by atoms with Crippen molar-refractivity contribution in [3.8, 4) is 6.07 Å². The topological polar surface area (TPSA) is 117 Å². The number of nitriles is 1. The van der Waals surface area contributed by atoms with E-state index in [4.69, 9.17) is 21.6 Å². The largest absolute Gasteiger partial charge is 0.449 e. The highest BCUT2D eigenvalue weighted by atomic mass is 35.5. The van der Waals surface area contributed by atoms with Crippen molar-refractivity contribution in [2.75, 3.05) is 18.4 Å². The monoisotopic (exact) mass is 463 g/mol. The number of carbonyl (C=O) groups excluding carboxylic acids is 2. The lowest BCUT2D eigenvalue weighted by Crippen LogP contribution is -2.31. The fourth-order valence-electron chi connectivity index (χ4n) is 2.72. The number of nitrogens with one attached hydrogen (secondary N) is 1. The highest BCUT2D eigenvalue weighted by Crippen LogP contribution is 2.26. The van der Waals surface area contributed by atoms with Crippen LogP contribution in [0.15, 0.2) is 47.4 Å². The van der Waals surface area contributed by atoms with E-state index < -0.39 is 28.0 Å². The summed E-state index contributed by atoms with van der Waals surface area (Å²) in [5.74, 6) is -1.48. The lowest BCUT2D eigenvalue weighted by molar-refractivity contribution is -0.123. The summed E-state index contributed by atoms with van der Waals surface area (Å²) in [6.45, 7) is 5.26. The van der Waals surface area contributed by atoms with E-state index in [1.807, 2.05) is 6.07 Å². The minimum atomic E-state index is -3.89. The molecule has 0 spiro atoms. The van der Waals surface area contributed by atoms with Crippen LogP contribution in [0.4, 0.5) is 5.69 Å². The van der Waals surface area contributed by atoms with E-state index in [1.165, 1.54) is 29.4 Å².